The fraction of sp³-hybridized carbons (Fsp3) is 0.100. The maximum Gasteiger partial charge on any atom is 0.307 e. The molecule has 0 radical (unpaired) electrons. The van der Waals surface area contributed by atoms with Gasteiger partial charge in [0.1, 0.15) is 5.58 Å². The van der Waals surface area contributed by atoms with Gasteiger partial charge in [-0.2, -0.15) is 5.10 Å². The number of nitro groups is 1. The SMILES string of the molecule is Cc1c(/C=N/NC(=O)c2cc3cc([N+](=O)[O-])ccc3o2)c2ccccc2n1C. The number of aromatic nitrogens is 1. The highest BCUT2D eigenvalue weighted by molar-refractivity contribution is 6.02. The van der Waals surface area contributed by atoms with E-state index in [1.807, 2.05) is 38.2 Å². The first-order chi connectivity index (χ1) is 13.5. The number of hydrogen-bond acceptors (Lipinski definition) is 5. The summed E-state index contributed by atoms with van der Waals surface area (Å²) >= 11 is 0. The van der Waals surface area contributed by atoms with E-state index in [0.717, 1.165) is 22.2 Å². The Morgan fingerprint density at radius 1 is 1.25 bits per heavy atom. The van der Waals surface area contributed by atoms with Gasteiger partial charge < -0.3 is 8.98 Å². The quantitative estimate of drug-likeness (QED) is 0.331. The van der Waals surface area contributed by atoms with Crippen molar-refractivity contribution < 1.29 is 14.1 Å². The van der Waals surface area contributed by atoms with Gasteiger partial charge in [-0.25, -0.2) is 5.43 Å². The Hall–Kier alpha value is -3.94. The summed E-state index contributed by atoms with van der Waals surface area (Å²) in [5, 5.41) is 16.4. The number of nitro benzene ring substituents is 1. The van der Waals surface area contributed by atoms with Crippen LogP contribution in [0.2, 0.25) is 0 Å². The molecule has 2 aromatic heterocycles. The van der Waals surface area contributed by atoms with Crippen LogP contribution in [0.4, 0.5) is 5.69 Å². The molecule has 0 aliphatic carbocycles. The van der Waals surface area contributed by atoms with Crippen molar-refractivity contribution in [3.05, 3.63) is 75.7 Å². The molecular formula is C20H16N4O4. The topological polar surface area (TPSA) is 103 Å². The van der Waals surface area contributed by atoms with Crippen LogP contribution >= 0.6 is 0 Å². The minimum atomic E-state index is -0.534. The molecule has 8 nitrogen and oxygen atoms in total. The number of fused-ring (bicyclic) bond motifs is 2. The van der Waals surface area contributed by atoms with Gasteiger partial charge in [0.05, 0.1) is 11.1 Å². The van der Waals surface area contributed by atoms with E-state index in [1.54, 1.807) is 6.21 Å². The molecule has 0 atom stereocenters. The molecule has 2 aromatic carbocycles. The van der Waals surface area contributed by atoms with Gasteiger partial charge in [0.25, 0.3) is 5.69 Å². The number of para-hydroxylation sites is 1. The number of nitrogens with one attached hydrogen (secondary N) is 1. The first-order valence-corrected chi connectivity index (χ1v) is 8.51. The predicted molar refractivity (Wildman–Crippen MR) is 106 cm³/mol. The van der Waals surface area contributed by atoms with Gasteiger partial charge in [-0.15, -0.1) is 0 Å². The fourth-order valence-electron chi connectivity index (χ4n) is 3.18. The van der Waals surface area contributed by atoms with E-state index in [1.165, 1.54) is 24.3 Å². The highest BCUT2D eigenvalue weighted by Gasteiger charge is 2.15. The van der Waals surface area contributed by atoms with Gasteiger partial charge in [0.15, 0.2) is 5.76 Å². The van der Waals surface area contributed by atoms with E-state index in [-0.39, 0.29) is 11.4 Å². The van der Waals surface area contributed by atoms with E-state index < -0.39 is 10.8 Å². The Labute approximate surface area is 159 Å². The lowest BCUT2D eigenvalue weighted by atomic mass is 10.1. The van der Waals surface area contributed by atoms with Crippen molar-refractivity contribution in [1.82, 2.24) is 9.99 Å². The van der Waals surface area contributed by atoms with Gasteiger partial charge >= 0.3 is 5.91 Å². The molecule has 1 amide bonds. The first kappa shape index (κ1) is 17.5. The van der Waals surface area contributed by atoms with Gasteiger partial charge in [-0.3, -0.25) is 14.9 Å². The van der Waals surface area contributed by atoms with E-state index >= 15 is 0 Å². The number of hydrazone groups is 1. The number of benzene rings is 2. The van der Waals surface area contributed by atoms with Crippen molar-refractivity contribution >= 4 is 39.7 Å². The third kappa shape index (κ3) is 2.90. The summed E-state index contributed by atoms with van der Waals surface area (Å²) in [5.41, 5.74) is 5.78. The Balaban J connectivity index is 1.57. The molecular weight excluding hydrogens is 360 g/mol. The van der Waals surface area contributed by atoms with Crippen LogP contribution in [-0.2, 0) is 7.05 Å². The standard InChI is InChI=1S/C20H16N4O4/c1-12-16(15-5-3-4-6-17(15)23(12)2)11-21-22-20(25)19-10-13-9-14(24(26)27)7-8-18(13)28-19/h3-11H,1-2H3,(H,22,25)/b21-11+. The minimum Gasteiger partial charge on any atom is -0.451 e. The van der Waals surface area contributed by atoms with Crippen LogP contribution in [0.5, 0.6) is 0 Å². The number of amides is 1. The molecule has 28 heavy (non-hydrogen) atoms. The van der Waals surface area contributed by atoms with E-state index in [4.69, 9.17) is 4.42 Å². The zero-order valence-corrected chi connectivity index (χ0v) is 15.2. The van der Waals surface area contributed by atoms with Crippen molar-refractivity contribution in [1.29, 1.82) is 0 Å². The maximum atomic E-state index is 12.3. The molecule has 0 saturated heterocycles. The molecule has 2 heterocycles. The Morgan fingerprint density at radius 2 is 2.04 bits per heavy atom. The van der Waals surface area contributed by atoms with Crippen LogP contribution in [0.15, 0.2) is 58.0 Å². The summed E-state index contributed by atoms with van der Waals surface area (Å²) < 4.78 is 7.51. The van der Waals surface area contributed by atoms with Crippen LogP contribution in [0.3, 0.4) is 0 Å². The molecule has 0 spiro atoms. The van der Waals surface area contributed by atoms with Gasteiger partial charge in [-0.05, 0) is 25.1 Å². The second kappa shape index (κ2) is 6.66. The number of hydrogen-bond donors (Lipinski definition) is 1. The normalized spacial score (nSPS) is 11.5. The summed E-state index contributed by atoms with van der Waals surface area (Å²) in [6.07, 6.45) is 1.60. The zero-order chi connectivity index (χ0) is 19.8. The lowest BCUT2D eigenvalue weighted by molar-refractivity contribution is -0.384. The molecule has 4 rings (SSSR count). The zero-order valence-electron chi connectivity index (χ0n) is 15.2. The number of rotatable bonds is 4. The molecule has 4 aromatic rings. The number of carbonyl (C=O) groups excluding carboxylic acids is 1. The average molecular weight is 376 g/mol. The van der Waals surface area contributed by atoms with Crippen molar-refractivity contribution in [2.75, 3.05) is 0 Å². The summed E-state index contributed by atoms with van der Waals surface area (Å²) in [4.78, 5) is 22.7. The van der Waals surface area contributed by atoms with Crippen LogP contribution < -0.4 is 5.43 Å². The monoisotopic (exact) mass is 376 g/mol. The average Bonchev–Trinajstić information content (AvgIpc) is 3.22. The van der Waals surface area contributed by atoms with Crippen LogP contribution in [-0.4, -0.2) is 21.6 Å². The molecule has 0 fully saturated rings. The highest BCUT2D eigenvalue weighted by Crippen LogP contribution is 2.25. The third-order valence-electron chi connectivity index (χ3n) is 4.74. The number of carbonyl (C=O) groups is 1. The molecule has 0 unspecified atom stereocenters. The van der Waals surface area contributed by atoms with Crippen molar-refractivity contribution in [3.8, 4) is 0 Å². The molecule has 1 N–H and O–H groups in total. The van der Waals surface area contributed by atoms with Gasteiger partial charge in [-0.1, -0.05) is 18.2 Å². The summed E-state index contributed by atoms with van der Waals surface area (Å²) in [6.45, 7) is 1.98. The second-order valence-electron chi connectivity index (χ2n) is 6.36. The largest absolute Gasteiger partial charge is 0.451 e. The highest BCUT2D eigenvalue weighted by atomic mass is 16.6. The Kier molecular flexibility index (Phi) is 4.15. The fourth-order valence-corrected chi connectivity index (χ4v) is 3.18. The Bertz CT molecular complexity index is 1270. The van der Waals surface area contributed by atoms with E-state index in [2.05, 4.69) is 15.1 Å². The predicted octanol–water partition coefficient (Wildman–Crippen LogP) is 3.91. The molecule has 140 valence electrons. The molecule has 0 aliphatic heterocycles. The van der Waals surface area contributed by atoms with Crippen LogP contribution in [0.25, 0.3) is 21.9 Å². The lowest BCUT2D eigenvalue weighted by Gasteiger charge is -1.98. The number of nitrogens with zero attached hydrogens (tertiary/aromatic N) is 3. The van der Waals surface area contributed by atoms with Crippen molar-refractivity contribution in [3.63, 3.8) is 0 Å². The van der Waals surface area contributed by atoms with Gasteiger partial charge in [0, 0.05) is 46.7 Å². The maximum absolute atomic E-state index is 12.3. The van der Waals surface area contributed by atoms with Crippen molar-refractivity contribution in [2.45, 2.75) is 6.92 Å². The van der Waals surface area contributed by atoms with Gasteiger partial charge in [0.2, 0.25) is 0 Å². The smallest absolute Gasteiger partial charge is 0.307 e. The third-order valence-corrected chi connectivity index (χ3v) is 4.74. The lowest BCUT2D eigenvalue weighted by Crippen LogP contribution is -2.16. The number of non-ortho nitro benzene ring substituents is 1. The molecule has 8 heteroatoms. The Morgan fingerprint density at radius 3 is 2.82 bits per heavy atom. The minimum absolute atomic E-state index is 0.0299. The van der Waals surface area contributed by atoms with Crippen LogP contribution in [0.1, 0.15) is 21.8 Å². The van der Waals surface area contributed by atoms with E-state index in [9.17, 15) is 14.9 Å². The van der Waals surface area contributed by atoms with Crippen LogP contribution in [0, 0.1) is 17.0 Å². The number of furan rings is 1. The molecule has 0 bridgehead atoms. The van der Waals surface area contributed by atoms with E-state index in [0.29, 0.717) is 11.0 Å². The number of aryl methyl sites for hydroxylation is 1. The first-order valence-electron chi connectivity index (χ1n) is 8.51. The van der Waals surface area contributed by atoms with Crippen molar-refractivity contribution in [2.24, 2.45) is 12.1 Å². The summed E-state index contributed by atoms with van der Waals surface area (Å²) in [7, 11) is 1.97. The second-order valence-corrected chi connectivity index (χ2v) is 6.36. The summed E-state index contributed by atoms with van der Waals surface area (Å²) in [6, 6.07) is 13.5. The summed E-state index contributed by atoms with van der Waals surface area (Å²) in [5.74, 6) is -0.504. The molecule has 0 saturated carbocycles. The molecule has 0 aliphatic rings.